The fraction of sp³-hybridized carbons (Fsp3) is 1.00. The lowest BCUT2D eigenvalue weighted by Crippen LogP contribution is -2.43. The van der Waals surface area contributed by atoms with Crippen LogP contribution in [0.15, 0.2) is 0 Å². The zero-order chi connectivity index (χ0) is 10.9. The number of hydrogen-bond donors (Lipinski definition) is 1. The van der Waals surface area contributed by atoms with Crippen molar-refractivity contribution >= 4 is 0 Å². The van der Waals surface area contributed by atoms with Gasteiger partial charge in [0.2, 0.25) is 0 Å². The first-order valence-electron chi connectivity index (χ1n) is 6.59. The van der Waals surface area contributed by atoms with E-state index in [0.717, 1.165) is 12.1 Å². The van der Waals surface area contributed by atoms with Crippen molar-refractivity contribution < 1.29 is 0 Å². The maximum atomic E-state index is 3.49. The van der Waals surface area contributed by atoms with E-state index in [-0.39, 0.29) is 0 Å². The van der Waals surface area contributed by atoms with Crippen LogP contribution < -0.4 is 5.32 Å². The minimum absolute atomic E-state index is 0.587. The third-order valence-corrected chi connectivity index (χ3v) is 4.28. The molecule has 0 aromatic heterocycles. The second-order valence-corrected chi connectivity index (χ2v) is 6.04. The summed E-state index contributed by atoms with van der Waals surface area (Å²) in [6.07, 6.45) is 5.58. The largest absolute Gasteiger partial charge is 0.315 e. The molecule has 2 aliphatic rings. The molecule has 0 bridgehead atoms. The van der Waals surface area contributed by atoms with Gasteiger partial charge in [-0.25, -0.2) is 0 Å². The van der Waals surface area contributed by atoms with Crippen LogP contribution in [0.5, 0.6) is 0 Å². The SMILES string of the molecule is CCN(C1CCNC1)C1CCC(C)(C)C1. The minimum atomic E-state index is 0.587. The van der Waals surface area contributed by atoms with Crippen LogP contribution in [0.25, 0.3) is 0 Å². The van der Waals surface area contributed by atoms with Crippen LogP contribution >= 0.6 is 0 Å². The highest BCUT2D eigenvalue weighted by molar-refractivity contribution is 4.92. The Morgan fingerprint density at radius 3 is 2.53 bits per heavy atom. The number of likely N-dealkylation sites (N-methyl/N-ethyl adjacent to an activating group) is 1. The molecule has 1 heterocycles. The highest BCUT2D eigenvalue weighted by atomic mass is 15.2. The van der Waals surface area contributed by atoms with Crippen LogP contribution in [0.1, 0.15) is 46.5 Å². The standard InChI is InChI=1S/C13H26N2/c1-4-15(12-6-8-14-10-12)11-5-7-13(2,3)9-11/h11-12,14H,4-10H2,1-3H3. The summed E-state index contributed by atoms with van der Waals surface area (Å²) in [5.41, 5.74) is 0.587. The van der Waals surface area contributed by atoms with Crippen LogP contribution in [0.4, 0.5) is 0 Å². The molecule has 0 radical (unpaired) electrons. The molecule has 1 N–H and O–H groups in total. The molecule has 2 fully saturated rings. The smallest absolute Gasteiger partial charge is 0.0235 e. The average Bonchev–Trinajstić information content (AvgIpc) is 2.77. The van der Waals surface area contributed by atoms with Crippen LogP contribution in [-0.2, 0) is 0 Å². The van der Waals surface area contributed by atoms with Crippen molar-refractivity contribution in [3.8, 4) is 0 Å². The van der Waals surface area contributed by atoms with Gasteiger partial charge in [-0.1, -0.05) is 20.8 Å². The Morgan fingerprint density at radius 1 is 1.27 bits per heavy atom. The van der Waals surface area contributed by atoms with Gasteiger partial charge in [0.05, 0.1) is 0 Å². The van der Waals surface area contributed by atoms with Crippen LogP contribution in [0.3, 0.4) is 0 Å². The summed E-state index contributed by atoms with van der Waals surface area (Å²) < 4.78 is 0. The molecule has 1 aliphatic carbocycles. The van der Waals surface area contributed by atoms with Crippen molar-refractivity contribution in [1.29, 1.82) is 0 Å². The van der Waals surface area contributed by atoms with Gasteiger partial charge >= 0.3 is 0 Å². The monoisotopic (exact) mass is 210 g/mol. The molecule has 2 atom stereocenters. The molecule has 15 heavy (non-hydrogen) atoms. The summed E-state index contributed by atoms with van der Waals surface area (Å²) in [7, 11) is 0. The topological polar surface area (TPSA) is 15.3 Å². The highest BCUT2D eigenvalue weighted by Crippen LogP contribution is 2.40. The van der Waals surface area contributed by atoms with Crippen molar-refractivity contribution in [3.05, 3.63) is 0 Å². The van der Waals surface area contributed by atoms with E-state index in [2.05, 4.69) is 31.0 Å². The van der Waals surface area contributed by atoms with E-state index in [4.69, 9.17) is 0 Å². The Morgan fingerprint density at radius 2 is 2.07 bits per heavy atom. The molecular formula is C13H26N2. The number of rotatable bonds is 3. The molecule has 88 valence electrons. The molecule has 0 aromatic carbocycles. The molecule has 0 aromatic rings. The van der Waals surface area contributed by atoms with Gasteiger partial charge in [0.15, 0.2) is 0 Å². The summed E-state index contributed by atoms with van der Waals surface area (Å²) >= 11 is 0. The number of nitrogens with one attached hydrogen (secondary N) is 1. The first-order valence-corrected chi connectivity index (χ1v) is 6.59. The highest BCUT2D eigenvalue weighted by Gasteiger charge is 2.36. The summed E-state index contributed by atoms with van der Waals surface area (Å²) in [5, 5.41) is 3.49. The number of nitrogens with zero attached hydrogens (tertiary/aromatic N) is 1. The van der Waals surface area contributed by atoms with Gasteiger partial charge in [-0.15, -0.1) is 0 Å². The molecule has 0 amide bonds. The van der Waals surface area contributed by atoms with E-state index in [9.17, 15) is 0 Å². The molecule has 0 spiro atoms. The maximum Gasteiger partial charge on any atom is 0.0235 e. The summed E-state index contributed by atoms with van der Waals surface area (Å²) in [5.74, 6) is 0. The number of hydrogen-bond acceptors (Lipinski definition) is 2. The molecule has 1 saturated heterocycles. The Balaban J connectivity index is 1.95. The quantitative estimate of drug-likeness (QED) is 0.768. The van der Waals surface area contributed by atoms with Crippen molar-refractivity contribution in [3.63, 3.8) is 0 Å². The van der Waals surface area contributed by atoms with Gasteiger partial charge in [0.25, 0.3) is 0 Å². The summed E-state index contributed by atoms with van der Waals surface area (Å²) in [6.45, 7) is 10.8. The second kappa shape index (κ2) is 4.42. The molecule has 2 unspecified atom stereocenters. The van der Waals surface area contributed by atoms with Crippen LogP contribution in [0, 0.1) is 5.41 Å². The van der Waals surface area contributed by atoms with Gasteiger partial charge in [0, 0.05) is 18.6 Å². The Hall–Kier alpha value is -0.0800. The lowest BCUT2D eigenvalue weighted by atomic mass is 9.91. The molecule has 2 nitrogen and oxygen atoms in total. The molecule has 1 aliphatic heterocycles. The molecular weight excluding hydrogens is 184 g/mol. The van der Waals surface area contributed by atoms with Crippen molar-refractivity contribution in [2.45, 2.75) is 58.5 Å². The van der Waals surface area contributed by atoms with E-state index >= 15 is 0 Å². The normalized spacial score (nSPS) is 35.2. The zero-order valence-corrected chi connectivity index (χ0v) is 10.6. The van der Waals surface area contributed by atoms with E-state index in [1.54, 1.807) is 0 Å². The lowest BCUT2D eigenvalue weighted by Gasteiger charge is -2.33. The van der Waals surface area contributed by atoms with E-state index in [0.29, 0.717) is 5.41 Å². The third kappa shape index (κ3) is 2.54. The third-order valence-electron chi connectivity index (χ3n) is 4.28. The van der Waals surface area contributed by atoms with Crippen molar-refractivity contribution in [1.82, 2.24) is 10.2 Å². The van der Waals surface area contributed by atoms with Gasteiger partial charge < -0.3 is 5.32 Å². The molecule has 2 heteroatoms. The molecule has 2 rings (SSSR count). The van der Waals surface area contributed by atoms with Gasteiger partial charge in [-0.2, -0.15) is 0 Å². The first-order chi connectivity index (χ1) is 7.12. The second-order valence-electron chi connectivity index (χ2n) is 6.04. The Kier molecular flexibility index (Phi) is 3.36. The molecule has 1 saturated carbocycles. The van der Waals surface area contributed by atoms with Crippen LogP contribution in [-0.4, -0.2) is 36.6 Å². The first kappa shape index (κ1) is 11.4. The van der Waals surface area contributed by atoms with Crippen molar-refractivity contribution in [2.75, 3.05) is 19.6 Å². The van der Waals surface area contributed by atoms with E-state index in [1.165, 1.54) is 45.3 Å². The van der Waals surface area contributed by atoms with Crippen molar-refractivity contribution in [2.24, 2.45) is 5.41 Å². The summed E-state index contributed by atoms with van der Waals surface area (Å²) in [6, 6.07) is 1.67. The maximum absolute atomic E-state index is 3.49. The van der Waals surface area contributed by atoms with Gasteiger partial charge in [0.1, 0.15) is 0 Å². The predicted molar refractivity (Wildman–Crippen MR) is 65.1 cm³/mol. The Bertz CT molecular complexity index is 207. The fourth-order valence-corrected chi connectivity index (χ4v) is 3.42. The fourth-order valence-electron chi connectivity index (χ4n) is 3.42. The summed E-state index contributed by atoms with van der Waals surface area (Å²) in [4.78, 5) is 2.76. The minimum Gasteiger partial charge on any atom is -0.315 e. The van der Waals surface area contributed by atoms with Gasteiger partial charge in [-0.05, 0) is 44.2 Å². The van der Waals surface area contributed by atoms with E-state index < -0.39 is 0 Å². The predicted octanol–water partition coefficient (Wildman–Crippen LogP) is 2.25. The van der Waals surface area contributed by atoms with Crippen LogP contribution in [0.2, 0.25) is 0 Å². The van der Waals surface area contributed by atoms with Gasteiger partial charge in [-0.3, -0.25) is 4.90 Å². The zero-order valence-electron chi connectivity index (χ0n) is 10.6. The Labute approximate surface area is 94.4 Å². The van der Waals surface area contributed by atoms with E-state index in [1.807, 2.05) is 0 Å². The average molecular weight is 210 g/mol. The lowest BCUT2D eigenvalue weighted by molar-refractivity contribution is 0.144.